The summed E-state index contributed by atoms with van der Waals surface area (Å²) in [6.45, 7) is 4.66. The molecule has 4 aliphatic rings. The van der Waals surface area contributed by atoms with Crippen LogP contribution < -0.4 is 0 Å². The Balaban J connectivity index is 1.71. The molecule has 0 heterocycles. The maximum Gasteiger partial charge on any atom is 0.178 e. The van der Waals surface area contributed by atoms with E-state index in [1.165, 1.54) is 24.8 Å². The summed E-state index contributed by atoms with van der Waals surface area (Å²) < 4.78 is 0. The van der Waals surface area contributed by atoms with Gasteiger partial charge in [0.05, 0.1) is 0 Å². The van der Waals surface area contributed by atoms with Crippen LogP contribution in [-0.4, -0.2) is 11.6 Å². The average Bonchev–Trinajstić information content (AvgIpc) is 2.74. The van der Waals surface area contributed by atoms with Crippen molar-refractivity contribution in [2.75, 3.05) is 0 Å². The fraction of sp³-hybridized carbons (Fsp3) is 0.684. The number of carbonyl (C=O) groups is 2. The van der Waals surface area contributed by atoms with Crippen molar-refractivity contribution in [2.45, 2.75) is 52.4 Å². The average molecular weight is 284 g/mol. The maximum atomic E-state index is 12.0. The molecule has 0 unspecified atom stereocenters. The summed E-state index contributed by atoms with van der Waals surface area (Å²) in [5, 5.41) is 0. The van der Waals surface area contributed by atoms with Crippen LogP contribution in [0.2, 0.25) is 0 Å². The molecular formula is C19H24O2. The number of hydrogen-bond acceptors (Lipinski definition) is 2. The number of fused-ring (bicyclic) bond motifs is 5. The van der Waals surface area contributed by atoms with Crippen LogP contribution in [0.4, 0.5) is 0 Å². The van der Waals surface area contributed by atoms with Crippen LogP contribution in [-0.2, 0) is 9.59 Å². The topological polar surface area (TPSA) is 34.1 Å². The van der Waals surface area contributed by atoms with Gasteiger partial charge in [0.1, 0.15) is 5.78 Å². The molecule has 3 saturated carbocycles. The smallest absolute Gasteiger partial charge is 0.178 e. The molecule has 0 aliphatic heterocycles. The summed E-state index contributed by atoms with van der Waals surface area (Å²) >= 11 is 0. The normalized spacial score (nSPS) is 48.5. The van der Waals surface area contributed by atoms with Gasteiger partial charge in [-0.05, 0) is 61.0 Å². The van der Waals surface area contributed by atoms with Gasteiger partial charge in [0, 0.05) is 18.3 Å². The monoisotopic (exact) mass is 284 g/mol. The second-order valence-electron chi connectivity index (χ2n) is 8.22. The summed E-state index contributed by atoms with van der Waals surface area (Å²) in [6, 6.07) is 0. The van der Waals surface area contributed by atoms with Crippen LogP contribution in [0.25, 0.3) is 0 Å². The van der Waals surface area contributed by atoms with Gasteiger partial charge in [0.15, 0.2) is 5.78 Å². The highest BCUT2D eigenvalue weighted by Crippen LogP contribution is 2.63. The van der Waals surface area contributed by atoms with Crippen LogP contribution in [0.15, 0.2) is 23.8 Å². The van der Waals surface area contributed by atoms with Gasteiger partial charge < -0.3 is 0 Å². The molecule has 0 saturated heterocycles. The Kier molecular flexibility index (Phi) is 2.68. The second-order valence-corrected chi connectivity index (χ2v) is 8.22. The quantitative estimate of drug-likeness (QED) is 0.677. The van der Waals surface area contributed by atoms with Gasteiger partial charge >= 0.3 is 0 Å². The van der Waals surface area contributed by atoms with Gasteiger partial charge in [-0.25, -0.2) is 0 Å². The first-order chi connectivity index (χ1) is 9.92. The van der Waals surface area contributed by atoms with Crippen LogP contribution in [0.1, 0.15) is 52.4 Å². The van der Waals surface area contributed by atoms with E-state index in [1.807, 2.05) is 6.08 Å². The molecular weight excluding hydrogens is 260 g/mol. The Hall–Kier alpha value is -1.18. The molecule has 0 aromatic heterocycles. The summed E-state index contributed by atoms with van der Waals surface area (Å²) in [4.78, 5) is 23.7. The highest BCUT2D eigenvalue weighted by atomic mass is 16.1. The van der Waals surface area contributed by atoms with E-state index in [-0.39, 0.29) is 16.6 Å². The lowest BCUT2D eigenvalue weighted by molar-refractivity contribution is -0.118. The number of hydrogen-bond donors (Lipinski definition) is 0. The van der Waals surface area contributed by atoms with Crippen molar-refractivity contribution < 1.29 is 9.59 Å². The van der Waals surface area contributed by atoms with Crippen LogP contribution in [0, 0.1) is 28.6 Å². The molecule has 3 fully saturated rings. The fourth-order valence-electron chi connectivity index (χ4n) is 5.98. The summed E-state index contributed by atoms with van der Waals surface area (Å²) in [6.07, 6.45) is 12.0. The predicted molar refractivity (Wildman–Crippen MR) is 81.6 cm³/mol. The van der Waals surface area contributed by atoms with Gasteiger partial charge in [-0.2, -0.15) is 0 Å². The van der Waals surface area contributed by atoms with Gasteiger partial charge in [0.2, 0.25) is 0 Å². The molecule has 0 aromatic carbocycles. The lowest BCUT2D eigenvalue weighted by Gasteiger charge is -2.55. The molecule has 0 N–H and O–H groups in total. The number of rotatable bonds is 0. The van der Waals surface area contributed by atoms with Gasteiger partial charge in [-0.15, -0.1) is 0 Å². The maximum absolute atomic E-state index is 12.0. The zero-order valence-electron chi connectivity index (χ0n) is 13.0. The van der Waals surface area contributed by atoms with Crippen molar-refractivity contribution in [1.82, 2.24) is 0 Å². The molecule has 0 radical (unpaired) electrons. The summed E-state index contributed by atoms with van der Waals surface area (Å²) in [7, 11) is 0. The molecule has 0 bridgehead atoms. The van der Waals surface area contributed by atoms with E-state index in [9.17, 15) is 9.59 Å². The predicted octanol–water partition coefficient (Wildman–Crippen LogP) is 3.86. The highest BCUT2D eigenvalue weighted by molar-refractivity contribution is 6.01. The van der Waals surface area contributed by atoms with Gasteiger partial charge in [0.25, 0.3) is 0 Å². The molecule has 5 atom stereocenters. The molecule has 112 valence electrons. The molecule has 4 aliphatic carbocycles. The highest BCUT2D eigenvalue weighted by Gasteiger charge is 2.57. The zero-order chi connectivity index (χ0) is 14.8. The van der Waals surface area contributed by atoms with Crippen molar-refractivity contribution >= 4 is 11.6 Å². The van der Waals surface area contributed by atoms with E-state index >= 15 is 0 Å². The first-order valence-electron chi connectivity index (χ1n) is 8.38. The number of Topliss-reactive ketones (excluding diaryl/α,β-unsaturated/α-hetero) is 1. The third-order valence-corrected chi connectivity index (χ3v) is 7.12. The van der Waals surface area contributed by atoms with E-state index in [1.54, 1.807) is 6.08 Å². The van der Waals surface area contributed by atoms with E-state index in [4.69, 9.17) is 0 Å². The lowest BCUT2D eigenvalue weighted by Crippen LogP contribution is -2.48. The van der Waals surface area contributed by atoms with Crippen molar-refractivity contribution in [2.24, 2.45) is 28.6 Å². The van der Waals surface area contributed by atoms with E-state index in [0.29, 0.717) is 23.5 Å². The summed E-state index contributed by atoms with van der Waals surface area (Å²) in [5.74, 6) is 2.48. The van der Waals surface area contributed by atoms with Crippen molar-refractivity contribution in [3.05, 3.63) is 23.8 Å². The van der Waals surface area contributed by atoms with E-state index in [2.05, 4.69) is 19.9 Å². The van der Waals surface area contributed by atoms with Crippen LogP contribution in [0.3, 0.4) is 0 Å². The first kappa shape index (κ1) is 13.5. The standard InChI is InChI=1S/C19H24O2/c1-18-7-6-16-15(17(18)10-14(21)11-18)4-3-12-9-13(20)5-8-19(12,16)2/h5,8-9,15-17H,3-4,6-7,10-11H2,1-2H3/t15-,16+,17+,18-,19+/m1/s1. The third kappa shape index (κ3) is 1.77. The van der Waals surface area contributed by atoms with Gasteiger partial charge in [-0.3, -0.25) is 9.59 Å². The number of carbonyl (C=O) groups excluding carboxylic acids is 2. The molecule has 0 aromatic rings. The van der Waals surface area contributed by atoms with E-state index < -0.39 is 0 Å². The first-order valence-corrected chi connectivity index (χ1v) is 8.38. The minimum Gasteiger partial charge on any atom is -0.300 e. The molecule has 21 heavy (non-hydrogen) atoms. The number of ketones is 2. The van der Waals surface area contributed by atoms with E-state index in [0.717, 1.165) is 19.3 Å². The molecule has 0 amide bonds. The Morgan fingerprint density at radius 2 is 1.95 bits per heavy atom. The minimum absolute atomic E-state index is 0.0593. The lowest BCUT2D eigenvalue weighted by atomic mass is 9.48. The van der Waals surface area contributed by atoms with Crippen LogP contribution in [0.5, 0.6) is 0 Å². The molecule has 2 nitrogen and oxygen atoms in total. The van der Waals surface area contributed by atoms with Crippen molar-refractivity contribution in [3.63, 3.8) is 0 Å². The fourth-order valence-corrected chi connectivity index (χ4v) is 5.98. The largest absolute Gasteiger partial charge is 0.300 e. The Morgan fingerprint density at radius 3 is 2.76 bits per heavy atom. The number of allylic oxidation sites excluding steroid dienone is 4. The third-order valence-electron chi connectivity index (χ3n) is 7.12. The Morgan fingerprint density at radius 1 is 1.14 bits per heavy atom. The summed E-state index contributed by atoms with van der Waals surface area (Å²) in [5.41, 5.74) is 1.65. The van der Waals surface area contributed by atoms with Crippen LogP contribution >= 0.6 is 0 Å². The SMILES string of the molecule is C[C@]12CC[C@H]3[C@@H](CCC4=CC(=O)C=C[C@@]43C)[C@@H]1CC(=O)C2. The van der Waals surface area contributed by atoms with Crippen molar-refractivity contribution in [3.8, 4) is 0 Å². The van der Waals surface area contributed by atoms with Crippen molar-refractivity contribution in [1.29, 1.82) is 0 Å². The van der Waals surface area contributed by atoms with Gasteiger partial charge in [-0.1, -0.05) is 25.5 Å². The Labute approximate surface area is 126 Å². The Bertz CT molecular complexity index is 584. The minimum atomic E-state index is 0.0593. The zero-order valence-corrected chi connectivity index (χ0v) is 13.0. The molecule has 2 heteroatoms. The molecule has 4 rings (SSSR count). The molecule has 0 spiro atoms. The second kappa shape index (κ2) is 4.18.